The van der Waals surface area contributed by atoms with Gasteiger partial charge in [0.1, 0.15) is 12.4 Å². The molecule has 4 heteroatoms. The molecule has 21 heavy (non-hydrogen) atoms. The molecule has 118 valence electrons. The second-order valence-electron chi connectivity index (χ2n) is 5.88. The normalized spacial score (nSPS) is 12.8. The lowest BCUT2D eigenvalue weighted by atomic mass is 9.95. The molecule has 1 aromatic carbocycles. The Morgan fingerprint density at radius 1 is 1.33 bits per heavy atom. The smallest absolute Gasteiger partial charge is 0.314 e. The van der Waals surface area contributed by atoms with Crippen molar-refractivity contribution in [2.75, 3.05) is 20.3 Å². The summed E-state index contributed by atoms with van der Waals surface area (Å²) in [5.41, 5.74) is 0.439. The number of hydrogen-bond donors (Lipinski definition) is 1. The van der Waals surface area contributed by atoms with Crippen LogP contribution in [0.15, 0.2) is 24.3 Å². The maximum absolute atomic E-state index is 11.7. The summed E-state index contributed by atoms with van der Waals surface area (Å²) in [5, 5.41) is 3.45. The fraction of sp³-hybridized carbons (Fsp3) is 0.588. The zero-order valence-corrected chi connectivity index (χ0v) is 13.7. The van der Waals surface area contributed by atoms with E-state index in [4.69, 9.17) is 9.47 Å². The highest BCUT2D eigenvalue weighted by atomic mass is 16.5. The molecule has 0 saturated heterocycles. The number of benzene rings is 1. The Hall–Kier alpha value is -1.55. The largest absolute Gasteiger partial charge is 0.492 e. The van der Waals surface area contributed by atoms with Gasteiger partial charge in [0, 0.05) is 11.6 Å². The van der Waals surface area contributed by atoms with Gasteiger partial charge in [0.05, 0.1) is 12.5 Å². The molecule has 1 rings (SSSR count). The third-order valence-electron chi connectivity index (χ3n) is 3.41. The summed E-state index contributed by atoms with van der Waals surface area (Å²) in [6.07, 6.45) is 1.09. The summed E-state index contributed by atoms with van der Waals surface area (Å²) in [6, 6.07) is 8.14. The Morgan fingerprint density at radius 2 is 2.00 bits per heavy atom. The Balaban J connectivity index is 2.77. The number of carbonyl (C=O) groups excluding carboxylic acids is 1. The molecular formula is C17H27NO3. The molecule has 0 saturated carbocycles. The van der Waals surface area contributed by atoms with Gasteiger partial charge in [0.15, 0.2) is 0 Å². The molecule has 1 aromatic rings. The quantitative estimate of drug-likeness (QED) is 0.747. The predicted octanol–water partition coefficient (Wildman–Crippen LogP) is 3.33. The first-order valence-corrected chi connectivity index (χ1v) is 7.46. The van der Waals surface area contributed by atoms with E-state index in [9.17, 15) is 4.79 Å². The highest BCUT2D eigenvalue weighted by Gasteiger charge is 2.30. The molecule has 0 bridgehead atoms. The Morgan fingerprint density at radius 3 is 2.62 bits per heavy atom. The van der Waals surface area contributed by atoms with Gasteiger partial charge in [-0.3, -0.25) is 4.79 Å². The summed E-state index contributed by atoms with van der Waals surface area (Å²) >= 11 is 0. The molecule has 0 heterocycles. The molecule has 1 unspecified atom stereocenters. The molecule has 1 atom stereocenters. The fourth-order valence-electron chi connectivity index (χ4n) is 2.03. The van der Waals surface area contributed by atoms with Crippen molar-refractivity contribution in [2.45, 2.75) is 40.2 Å². The molecule has 0 aromatic heterocycles. The zero-order chi connectivity index (χ0) is 15.9. The molecule has 0 aliphatic rings. The van der Waals surface area contributed by atoms with Gasteiger partial charge in [-0.2, -0.15) is 0 Å². The average Bonchev–Trinajstić information content (AvgIpc) is 2.50. The minimum absolute atomic E-state index is 0.211. The molecule has 0 amide bonds. The maximum atomic E-state index is 11.7. The third-order valence-corrected chi connectivity index (χ3v) is 3.41. The van der Waals surface area contributed by atoms with Crippen molar-refractivity contribution >= 4 is 5.97 Å². The van der Waals surface area contributed by atoms with Crippen LogP contribution in [0.1, 0.15) is 45.7 Å². The minimum Gasteiger partial charge on any atom is -0.492 e. The van der Waals surface area contributed by atoms with Gasteiger partial charge < -0.3 is 14.8 Å². The summed E-state index contributed by atoms with van der Waals surface area (Å²) in [7, 11) is 1.40. The van der Waals surface area contributed by atoms with E-state index >= 15 is 0 Å². The first-order chi connectivity index (χ1) is 9.92. The monoisotopic (exact) mass is 293 g/mol. The number of esters is 1. The van der Waals surface area contributed by atoms with Crippen LogP contribution in [-0.2, 0) is 9.53 Å². The van der Waals surface area contributed by atoms with E-state index in [1.807, 2.05) is 38.1 Å². The van der Waals surface area contributed by atoms with E-state index in [2.05, 4.69) is 19.2 Å². The first-order valence-electron chi connectivity index (χ1n) is 7.46. The number of rotatable bonds is 8. The second-order valence-corrected chi connectivity index (χ2v) is 5.88. The van der Waals surface area contributed by atoms with Crippen molar-refractivity contribution in [3.8, 4) is 5.75 Å². The van der Waals surface area contributed by atoms with Gasteiger partial charge in [-0.15, -0.1) is 0 Å². The van der Waals surface area contributed by atoms with Crippen LogP contribution < -0.4 is 10.1 Å². The third kappa shape index (κ3) is 5.05. The van der Waals surface area contributed by atoms with Crippen molar-refractivity contribution < 1.29 is 14.3 Å². The number of carbonyl (C=O) groups is 1. The standard InChI is InChI=1S/C17H27NO3/c1-6-11-18-13(2)14-9-7-8-10-15(14)21-12-17(3,4)16(19)20-5/h7-10,13,18H,6,11-12H2,1-5H3. The molecule has 4 nitrogen and oxygen atoms in total. The van der Waals surface area contributed by atoms with Crippen LogP contribution in [0.5, 0.6) is 5.75 Å². The van der Waals surface area contributed by atoms with Gasteiger partial charge in [-0.05, 0) is 39.8 Å². The van der Waals surface area contributed by atoms with Crippen LogP contribution in [0, 0.1) is 5.41 Å². The predicted molar refractivity (Wildman–Crippen MR) is 84.4 cm³/mol. The summed E-state index contributed by atoms with van der Waals surface area (Å²) in [5.74, 6) is 0.544. The Bertz CT molecular complexity index is 457. The van der Waals surface area contributed by atoms with E-state index in [-0.39, 0.29) is 18.6 Å². The lowest BCUT2D eigenvalue weighted by molar-refractivity contribution is -0.152. The number of methoxy groups -OCH3 is 1. The lowest BCUT2D eigenvalue weighted by Gasteiger charge is -2.24. The topological polar surface area (TPSA) is 47.6 Å². The molecule has 0 aliphatic carbocycles. The van der Waals surface area contributed by atoms with Crippen molar-refractivity contribution in [1.29, 1.82) is 0 Å². The van der Waals surface area contributed by atoms with Crippen molar-refractivity contribution in [2.24, 2.45) is 5.41 Å². The fourth-order valence-corrected chi connectivity index (χ4v) is 2.03. The van der Waals surface area contributed by atoms with Crippen LogP contribution in [0.25, 0.3) is 0 Å². The number of nitrogens with one attached hydrogen (secondary N) is 1. The van der Waals surface area contributed by atoms with Crippen LogP contribution in [0.4, 0.5) is 0 Å². The van der Waals surface area contributed by atoms with Crippen LogP contribution in [-0.4, -0.2) is 26.2 Å². The Labute approximate surface area is 127 Å². The van der Waals surface area contributed by atoms with Crippen LogP contribution in [0.2, 0.25) is 0 Å². The molecule has 0 fully saturated rings. The SMILES string of the molecule is CCCNC(C)c1ccccc1OCC(C)(C)C(=O)OC. The molecule has 0 spiro atoms. The van der Waals surface area contributed by atoms with Gasteiger partial charge in [0.25, 0.3) is 0 Å². The van der Waals surface area contributed by atoms with Gasteiger partial charge in [0.2, 0.25) is 0 Å². The van der Waals surface area contributed by atoms with Gasteiger partial charge in [-0.1, -0.05) is 25.1 Å². The van der Waals surface area contributed by atoms with E-state index in [1.54, 1.807) is 0 Å². The van der Waals surface area contributed by atoms with E-state index in [1.165, 1.54) is 7.11 Å². The highest BCUT2D eigenvalue weighted by Crippen LogP contribution is 2.27. The van der Waals surface area contributed by atoms with Gasteiger partial charge >= 0.3 is 5.97 Å². The number of para-hydroxylation sites is 1. The van der Waals surface area contributed by atoms with Crippen LogP contribution in [0.3, 0.4) is 0 Å². The van der Waals surface area contributed by atoms with E-state index in [0.29, 0.717) is 0 Å². The maximum Gasteiger partial charge on any atom is 0.314 e. The molecule has 0 aliphatic heterocycles. The van der Waals surface area contributed by atoms with E-state index < -0.39 is 5.41 Å². The van der Waals surface area contributed by atoms with Crippen LogP contribution >= 0.6 is 0 Å². The zero-order valence-electron chi connectivity index (χ0n) is 13.7. The average molecular weight is 293 g/mol. The Kier molecular flexibility index (Phi) is 6.69. The highest BCUT2D eigenvalue weighted by molar-refractivity contribution is 5.75. The molecule has 1 N–H and O–H groups in total. The van der Waals surface area contributed by atoms with Crippen molar-refractivity contribution in [3.63, 3.8) is 0 Å². The van der Waals surface area contributed by atoms with Crippen molar-refractivity contribution in [3.05, 3.63) is 29.8 Å². The minimum atomic E-state index is -0.665. The van der Waals surface area contributed by atoms with Crippen molar-refractivity contribution in [1.82, 2.24) is 5.32 Å². The second kappa shape index (κ2) is 8.03. The summed E-state index contributed by atoms with van der Waals surface area (Å²) < 4.78 is 10.7. The number of hydrogen-bond acceptors (Lipinski definition) is 4. The number of ether oxygens (including phenoxy) is 2. The summed E-state index contributed by atoms with van der Waals surface area (Å²) in [6.45, 7) is 9.14. The van der Waals surface area contributed by atoms with E-state index in [0.717, 1.165) is 24.3 Å². The lowest BCUT2D eigenvalue weighted by Crippen LogP contribution is -2.32. The van der Waals surface area contributed by atoms with Gasteiger partial charge in [-0.25, -0.2) is 0 Å². The molecular weight excluding hydrogens is 266 g/mol. The summed E-state index contributed by atoms with van der Waals surface area (Å²) in [4.78, 5) is 11.7. The molecule has 0 radical (unpaired) electrons. The first kappa shape index (κ1) is 17.5.